The number of hydrogen-bond donors (Lipinski definition) is 1. The summed E-state index contributed by atoms with van der Waals surface area (Å²) in [5, 5.41) is 0.868. The van der Waals surface area contributed by atoms with E-state index in [4.69, 9.17) is 5.73 Å². The molecule has 1 aliphatic rings. The summed E-state index contributed by atoms with van der Waals surface area (Å²) in [4.78, 5) is 4.31. The van der Waals surface area contributed by atoms with Crippen molar-refractivity contribution in [2.24, 2.45) is 12.8 Å². The van der Waals surface area contributed by atoms with Crippen LogP contribution in [0.25, 0.3) is 0 Å². The molecule has 16 heavy (non-hydrogen) atoms. The molecule has 1 aliphatic carbocycles. The number of thioether (sulfide) groups is 1. The predicted molar refractivity (Wildman–Crippen MR) is 69.6 cm³/mol. The lowest BCUT2D eigenvalue weighted by molar-refractivity contribution is 0.677. The topological polar surface area (TPSA) is 43.8 Å². The van der Waals surface area contributed by atoms with Crippen LogP contribution in [0.5, 0.6) is 0 Å². The van der Waals surface area contributed by atoms with Gasteiger partial charge in [0.1, 0.15) is 5.82 Å². The van der Waals surface area contributed by atoms with Crippen molar-refractivity contribution >= 4 is 11.8 Å². The van der Waals surface area contributed by atoms with Crippen LogP contribution < -0.4 is 5.73 Å². The summed E-state index contributed by atoms with van der Waals surface area (Å²) in [5.74, 6) is 2.16. The van der Waals surface area contributed by atoms with E-state index in [2.05, 4.69) is 21.3 Å². The summed E-state index contributed by atoms with van der Waals surface area (Å²) in [6, 6.07) is 0.242. The molecule has 3 nitrogen and oxygen atoms in total. The minimum absolute atomic E-state index is 0.242. The molecule has 1 aromatic rings. The van der Waals surface area contributed by atoms with E-state index in [0.29, 0.717) is 0 Å². The minimum Gasteiger partial charge on any atom is -0.338 e. The first-order chi connectivity index (χ1) is 7.75. The Balaban J connectivity index is 1.71. The van der Waals surface area contributed by atoms with Gasteiger partial charge in [0.05, 0.1) is 0 Å². The first-order valence-electron chi connectivity index (χ1n) is 6.09. The Morgan fingerprint density at radius 3 is 2.94 bits per heavy atom. The lowest BCUT2D eigenvalue weighted by Gasteiger charge is -2.14. The third-order valence-corrected chi connectivity index (χ3v) is 4.78. The second kappa shape index (κ2) is 5.73. The van der Waals surface area contributed by atoms with E-state index in [1.54, 1.807) is 0 Å². The van der Waals surface area contributed by atoms with E-state index in [0.717, 1.165) is 23.2 Å². The molecule has 1 fully saturated rings. The fraction of sp³-hybridized carbons (Fsp3) is 0.750. The zero-order chi connectivity index (χ0) is 11.4. The molecule has 1 atom stereocenters. The lowest BCUT2D eigenvalue weighted by atomic mass is 10.2. The highest BCUT2D eigenvalue weighted by molar-refractivity contribution is 7.99. The van der Waals surface area contributed by atoms with Crippen LogP contribution >= 0.6 is 11.8 Å². The molecule has 1 saturated carbocycles. The Labute approximate surface area is 102 Å². The van der Waals surface area contributed by atoms with Crippen LogP contribution in [0.2, 0.25) is 0 Å². The highest BCUT2D eigenvalue weighted by atomic mass is 32.2. The van der Waals surface area contributed by atoms with Gasteiger partial charge in [-0.3, -0.25) is 0 Å². The third kappa shape index (κ3) is 3.25. The van der Waals surface area contributed by atoms with Gasteiger partial charge in [-0.05, 0) is 12.8 Å². The molecule has 0 saturated heterocycles. The van der Waals surface area contributed by atoms with Gasteiger partial charge in [-0.1, -0.05) is 12.8 Å². The van der Waals surface area contributed by atoms with Crippen molar-refractivity contribution in [2.75, 3.05) is 5.75 Å². The van der Waals surface area contributed by atoms with Crippen molar-refractivity contribution in [2.45, 2.75) is 43.4 Å². The van der Waals surface area contributed by atoms with Gasteiger partial charge in [0.25, 0.3) is 0 Å². The molecule has 2 rings (SSSR count). The van der Waals surface area contributed by atoms with Crippen LogP contribution in [-0.4, -0.2) is 26.6 Å². The Morgan fingerprint density at radius 2 is 2.31 bits per heavy atom. The summed E-state index contributed by atoms with van der Waals surface area (Å²) in [6.45, 7) is 0. The minimum atomic E-state index is 0.242. The van der Waals surface area contributed by atoms with Crippen molar-refractivity contribution in [3.05, 3.63) is 18.2 Å². The van der Waals surface area contributed by atoms with Crippen molar-refractivity contribution in [1.82, 2.24) is 9.55 Å². The number of rotatable bonds is 5. The van der Waals surface area contributed by atoms with E-state index in [9.17, 15) is 0 Å². The second-order valence-corrected chi connectivity index (χ2v) is 5.99. The van der Waals surface area contributed by atoms with Gasteiger partial charge in [0.2, 0.25) is 0 Å². The highest BCUT2D eigenvalue weighted by Crippen LogP contribution is 2.29. The van der Waals surface area contributed by atoms with Gasteiger partial charge in [-0.2, -0.15) is 11.8 Å². The van der Waals surface area contributed by atoms with E-state index in [1.165, 1.54) is 25.7 Å². The van der Waals surface area contributed by atoms with Gasteiger partial charge in [-0.25, -0.2) is 4.98 Å². The van der Waals surface area contributed by atoms with Gasteiger partial charge >= 0.3 is 0 Å². The Morgan fingerprint density at radius 1 is 1.56 bits per heavy atom. The SMILES string of the molecule is Cn1ccnc1CC(N)CSC1CCCC1. The highest BCUT2D eigenvalue weighted by Gasteiger charge is 2.17. The Hall–Kier alpha value is -0.480. The van der Waals surface area contributed by atoms with Crippen molar-refractivity contribution < 1.29 is 0 Å². The fourth-order valence-corrected chi connectivity index (χ4v) is 3.51. The molecule has 90 valence electrons. The number of imidazole rings is 1. The van der Waals surface area contributed by atoms with Crippen LogP contribution in [0.4, 0.5) is 0 Å². The molecule has 4 heteroatoms. The van der Waals surface area contributed by atoms with Crippen molar-refractivity contribution in [1.29, 1.82) is 0 Å². The van der Waals surface area contributed by atoms with Gasteiger partial charge in [0.15, 0.2) is 0 Å². The molecule has 1 unspecified atom stereocenters. The average molecular weight is 239 g/mol. The normalized spacial score (nSPS) is 19.1. The second-order valence-electron chi connectivity index (χ2n) is 4.66. The van der Waals surface area contributed by atoms with E-state index < -0.39 is 0 Å². The van der Waals surface area contributed by atoms with Crippen LogP contribution in [0.3, 0.4) is 0 Å². The van der Waals surface area contributed by atoms with Gasteiger partial charge in [-0.15, -0.1) is 0 Å². The quantitative estimate of drug-likeness (QED) is 0.854. The first kappa shape index (κ1) is 12.0. The molecule has 1 heterocycles. The smallest absolute Gasteiger partial charge is 0.109 e. The van der Waals surface area contributed by atoms with Gasteiger partial charge in [0, 0.05) is 42.9 Å². The fourth-order valence-electron chi connectivity index (χ4n) is 2.20. The summed E-state index contributed by atoms with van der Waals surface area (Å²) in [7, 11) is 2.03. The molecule has 1 aromatic heterocycles. The number of aryl methyl sites for hydroxylation is 1. The number of aromatic nitrogens is 2. The molecule has 0 aliphatic heterocycles. The molecule has 2 N–H and O–H groups in total. The number of hydrogen-bond acceptors (Lipinski definition) is 3. The predicted octanol–water partition coefficient (Wildman–Crippen LogP) is 1.97. The summed E-state index contributed by atoms with van der Waals surface area (Å²) >= 11 is 2.06. The Kier molecular flexibility index (Phi) is 4.29. The number of nitrogens with zero attached hydrogens (tertiary/aromatic N) is 2. The lowest BCUT2D eigenvalue weighted by Crippen LogP contribution is -2.27. The van der Waals surface area contributed by atoms with Crippen LogP contribution in [-0.2, 0) is 13.5 Å². The first-order valence-corrected chi connectivity index (χ1v) is 7.14. The molecule has 0 radical (unpaired) electrons. The van der Waals surface area contributed by atoms with E-state index in [1.807, 2.05) is 19.4 Å². The average Bonchev–Trinajstić information content (AvgIpc) is 2.88. The van der Waals surface area contributed by atoms with E-state index in [-0.39, 0.29) is 6.04 Å². The summed E-state index contributed by atoms with van der Waals surface area (Å²) in [6.07, 6.45) is 10.3. The van der Waals surface area contributed by atoms with Gasteiger partial charge < -0.3 is 10.3 Å². The largest absolute Gasteiger partial charge is 0.338 e. The molecule has 0 bridgehead atoms. The Bertz CT molecular complexity index is 318. The molecular formula is C12H21N3S. The van der Waals surface area contributed by atoms with Crippen LogP contribution in [0.15, 0.2) is 12.4 Å². The number of nitrogens with two attached hydrogens (primary N) is 1. The maximum absolute atomic E-state index is 6.14. The summed E-state index contributed by atoms with van der Waals surface area (Å²) in [5.41, 5.74) is 6.14. The standard InChI is InChI=1S/C12H21N3S/c1-15-7-6-14-12(15)8-10(13)9-16-11-4-2-3-5-11/h6-7,10-11H,2-5,8-9,13H2,1H3. The summed E-state index contributed by atoms with van der Waals surface area (Å²) < 4.78 is 2.06. The van der Waals surface area contributed by atoms with Crippen molar-refractivity contribution in [3.8, 4) is 0 Å². The molecule has 0 spiro atoms. The molecule has 0 amide bonds. The zero-order valence-corrected chi connectivity index (χ0v) is 10.7. The third-order valence-electron chi connectivity index (χ3n) is 3.21. The monoisotopic (exact) mass is 239 g/mol. The molecular weight excluding hydrogens is 218 g/mol. The van der Waals surface area contributed by atoms with Crippen LogP contribution in [0.1, 0.15) is 31.5 Å². The maximum Gasteiger partial charge on any atom is 0.109 e. The van der Waals surface area contributed by atoms with E-state index >= 15 is 0 Å². The van der Waals surface area contributed by atoms with Crippen LogP contribution in [0, 0.1) is 0 Å². The maximum atomic E-state index is 6.14. The zero-order valence-electron chi connectivity index (χ0n) is 9.93. The molecule has 0 aromatic carbocycles. The van der Waals surface area contributed by atoms with Crippen molar-refractivity contribution in [3.63, 3.8) is 0 Å².